The summed E-state index contributed by atoms with van der Waals surface area (Å²) in [5.41, 5.74) is 1.77. The lowest BCUT2D eigenvalue weighted by atomic mass is 10.2. The van der Waals surface area contributed by atoms with Crippen LogP contribution in [0.1, 0.15) is 0 Å². The first-order valence-electron chi connectivity index (χ1n) is 5.27. The van der Waals surface area contributed by atoms with Crippen LogP contribution in [0, 0.1) is 0 Å². The van der Waals surface area contributed by atoms with Crippen LogP contribution in [0.4, 0.5) is 11.4 Å². The maximum atomic E-state index is 8.97. The zero-order chi connectivity index (χ0) is 12.5. The van der Waals surface area contributed by atoms with Crippen molar-refractivity contribution in [2.75, 3.05) is 5.32 Å². The largest absolute Gasteiger partial charge is 0.425 e. The van der Waals surface area contributed by atoms with Gasteiger partial charge in [-0.3, -0.25) is 0 Å². The first kappa shape index (κ1) is 11.8. The van der Waals surface area contributed by atoms with Crippen molar-refractivity contribution in [1.82, 2.24) is 0 Å². The second kappa shape index (κ2) is 4.78. The molecule has 3 rings (SSSR count). The maximum absolute atomic E-state index is 8.97. The van der Waals surface area contributed by atoms with Crippen molar-refractivity contribution in [3.05, 3.63) is 42.5 Å². The van der Waals surface area contributed by atoms with E-state index in [1.165, 1.54) is 0 Å². The highest BCUT2D eigenvalue weighted by atomic mass is 32.2. The topological polar surface area (TPSA) is 61.7 Å². The van der Waals surface area contributed by atoms with Crippen LogP contribution in [-0.2, 0) is 0 Å². The fraction of sp³-hybridized carbons (Fsp3) is 0. The third kappa shape index (κ3) is 2.18. The van der Waals surface area contributed by atoms with E-state index in [0.29, 0.717) is 5.75 Å². The second-order valence-corrected chi connectivity index (χ2v) is 5.47. The van der Waals surface area contributed by atoms with E-state index in [9.17, 15) is 0 Å². The molecule has 4 nitrogen and oxygen atoms in total. The number of para-hydroxylation sites is 2. The quantitative estimate of drug-likeness (QED) is 0.627. The van der Waals surface area contributed by atoms with Gasteiger partial charge in [-0.05, 0) is 24.3 Å². The van der Waals surface area contributed by atoms with Crippen molar-refractivity contribution in [3.63, 3.8) is 0 Å². The zero-order valence-electron chi connectivity index (χ0n) is 9.20. The highest BCUT2D eigenvalue weighted by Gasteiger charge is 2.19. The molecule has 0 amide bonds. The van der Waals surface area contributed by atoms with Crippen molar-refractivity contribution < 1.29 is 14.3 Å². The second-order valence-electron chi connectivity index (χ2n) is 3.70. The van der Waals surface area contributed by atoms with Crippen LogP contribution in [0.25, 0.3) is 0 Å². The minimum Gasteiger partial charge on any atom is -0.425 e. The van der Waals surface area contributed by atoms with E-state index in [1.54, 1.807) is 17.8 Å². The van der Waals surface area contributed by atoms with Gasteiger partial charge < -0.3 is 19.6 Å². The molecular weight excluding hydrogens is 269 g/mol. The Bertz CT molecular complexity index is 591. The Morgan fingerprint density at radius 1 is 1.00 bits per heavy atom. The zero-order valence-corrected chi connectivity index (χ0v) is 10.9. The van der Waals surface area contributed by atoms with E-state index in [0.717, 1.165) is 21.2 Å². The molecule has 0 unspecified atom stereocenters. The number of fused-ring (bicyclic) bond motifs is 2. The summed E-state index contributed by atoms with van der Waals surface area (Å²) in [6.07, 6.45) is 0. The first-order chi connectivity index (χ1) is 8.74. The summed E-state index contributed by atoms with van der Waals surface area (Å²) in [6, 6.07) is 13.5. The van der Waals surface area contributed by atoms with Gasteiger partial charge in [0.15, 0.2) is 5.75 Å². The lowest BCUT2D eigenvalue weighted by Crippen LogP contribution is -2.01. The van der Waals surface area contributed by atoms with Gasteiger partial charge in [0.2, 0.25) is 0 Å². The monoisotopic (exact) mass is 279 g/mol. The van der Waals surface area contributed by atoms with Gasteiger partial charge in [0.05, 0.1) is 11.4 Å². The Morgan fingerprint density at radius 2 is 1.78 bits per heavy atom. The molecule has 0 bridgehead atoms. The van der Waals surface area contributed by atoms with Gasteiger partial charge in [0.1, 0.15) is 0 Å². The molecule has 1 heterocycles. The molecule has 18 heavy (non-hydrogen) atoms. The maximum Gasteiger partial charge on any atom is 0.391 e. The molecule has 92 valence electrons. The van der Waals surface area contributed by atoms with Crippen molar-refractivity contribution in [1.29, 1.82) is 0 Å². The Hall–Kier alpha value is -1.26. The lowest BCUT2D eigenvalue weighted by molar-refractivity contribution is 0.375. The average Bonchev–Trinajstić information content (AvgIpc) is 2.36. The van der Waals surface area contributed by atoms with E-state index < -0.39 is 8.60 Å². The SMILES string of the molecule is OP(O)Oc1cccc2c1Nc1ccccc1S2. The van der Waals surface area contributed by atoms with E-state index >= 15 is 0 Å². The van der Waals surface area contributed by atoms with Crippen LogP contribution < -0.4 is 9.84 Å². The molecule has 6 heteroatoms. The number of benzene rings is 2. The van der Waals surface area contributed by atoms with Gasteiger partial charge in [-0.25, -0.2) is 0 Å². The highest BCUT2D eigenvalue weighted by molar-refractivity contribution is 7.99. The summed E-state index contributed by atoms with van der Waals surface area (Å²) < 4.78 is 5.03. The minimum atomic E-state index is -2.41. The standard InChI is InChI=1S/C12H10NO3PS/c14-17(15)16-9-5-3-7-11-12(9)13-8-4-1-2-6-10(8)18-11/h1-7,13-15H. The molecule has 0 aliphatic carbocycles. The molecule has 1 aliphatic rings. The molecule has 0 saturated carbocycles. The number of nitrogens with one attached hydrogen (secondary N) is 1. The molecule has 1 aliphatic heterocycles. The van der Waals surface area contributed by atoms with E-state index in [1.807, 2.05) is 36.4 Å². The molecule has 0 radical (unpaired) electrons. The average molecular weight is 279 g/mol. The Morgan fingerprint density at radius 3 is 2.61 bits per heavy atom. The van der Waals surface area contributed by atoms with Crippen LogP contribution in [0.5, 0.6) is 5.75 Å². The summed E-state index contributed by atoms with van der Waals surface area (Å²) in [5, 5.41) is 3.26. The van der Waals surface area contributed by atoms with Crippen LogP contribution in [-0.4, -0.2) is 9.79 Å². The third-order valence-electron chi connectivity index (χ3n) is 2.53. The Labute approximate surface area is 110 Å². The van der Waals surface area contributed by atoms with Crippen molar-refractivity contribution in [2.24, 2.45) is 0 Å². The highest BCUT2D eigenvalue weighted by Crippen LogP contribution is 2.49. The van der Waals surface area contributed by atoms with E-state index in [4.69, 9.17) is 14.3 Å². The minimum absolute atomic E-state index is 0.450. The molecule has 0 aromatic heterocycles. The summed E-state index contributed by atoms with van der Waals surface area (Å²) in [7, 11) is -2.41. The first-order valence-corrected chi connectivity index (χ1v) is 7.25. The van der Waals surface area contributed by atoms with Crippen molar-refractivity contribution in [2.45, 2.75) is 9.79 Å². The molecular formula is C12H10NO3PS. The van der Waals surface area contributed by atoms with Crippen LogP contribution in [0.3, 0.4) is 0 Å². The van der Waals surface area contributed by atoms with E-state index in [2.05, 4.69) is 5.32 Å². The van der Waals surface area contributed by atoms with E-state index in [-0.39, 0.29) is 0 Å². The van der Waals surface area contributed by atoms with Gasteiger partial charge in [0.25, 0.3) is 0 Å². The van der Waals surface area contributed by atoms with Gasteiger partial charge >= 0.3 is 8.60 Å². The van der Waals surface area contributed by atoms with Crippen molar-refractivity contribution in [3.8, 4) is 5.75 Å². The van der Waals surface area contributed by atoms with Crippen LogP contribution >= 0.6 is 20.4 Å². The molecule has 2 aromatic rings. The van der Waals surface area contributed by atoms with Gasteiger partial charge in [0, 0.05) is 9.79 Å². The lowest BCUT2D eigenvalue weighted by Gasteiger charge is -2.22. The Kier molecular flexibility index (Phi) is 3.14. The van der Waals surface area contributed by atoms with Crippen LogP contribution in [0.15, 0.2) is 52.3 Å². The fourth-order valence-electron chi connectivity index (χ4n) is 1.80. The van der Waals surface area contributed by atoms with Crippen molar-refractivity contribution >= 4 is 31.7 Å². The molecule has 3 N–H and O–H groups in total. The molecule has 2 aromatic carbocycles. The predicted molar refractivity (Wildman–Crippen MR) is 72.3 cm³/mol. The number of rotatable bonds is 2. The summed E-state index contributed by atoms with van der Waals surface area (Å²) in [5.74, 6) is 0.450. The molecule has 0 atom stereocenters. The Balaban J connectivity index is 2.02. The van der Waals surface area contributed by atoms with Crippen LogP contribution in [0.2, 0.25) is 0 Å². The third-order valence-corrected chi connectivity index (χ3v) is 4.03. The number of hydrogen-bond acceptors (Lipinski definition) is 5. The summed E-state index contributed by atoms with van der Waals surface area (Å²) >= 11 is 1.63. The smallest absolute Gasteiger partial charge is 0.391 e. The molecule has 0 spiro atoms. The molecule has 0 saturated heterocycles. The number of hydrogen-bond donors (Lipinski definition) is 3. The normalized spacial score (nSPS) is 12.6. The predicted octanol–water partition coefficient (Wildman–Crippen LogP) is 3.49. The summed E-state index contributed by atoms with van der Waals surface area (Å²) in [4.78, 5) is 20.1. The van der Waals surface area contributed by atoms with Gasteiger partial charge in [-0.2, -0.15) is 0 Å². The van der Waals surface area contributed by atoms with Gasteiger partial charge in [-0.15, -0.1) is 0 Å². The fourth-order valence-corrected chi connectivity index (χ4v) is 3.14. The number of anilines is 2. The van der Waals surface area contributed by atoms with Gasteiger partial charge in [-0.1, -0.05) is 30.0 Å². The summed E-state index contributed by atoms with van der Waals surface area (Å²) in [6.45, 7) is 0. The molecule has 0 fully saturated rings.